The summed E-state index contributed by atoms with van der Waals surface area (Å²) in [5, 5.41) is 19.5. The largest absolute Gasteiger partial charge is 0.394 e. The molecule has 110 valence electrons. The van der Waals surface area contributed by atoms with E-state index in [0.717, 1.165) is 12.8 Å². The van der Waals surface area contributed by atoms with Crippen LogP contribution in [0.25, 0.3) is 0 Å². The van der Waals surface area contributed by atoms with Gasteiger partial charge in [0.2, 0.25) is 0 Å². The molecule has 2 aliphatic rings. The van der Waals surface area contributed by atoms with E-state index < -0.39 is 5.97 Å². The van der Waals surface area contributed by atoms with Gasteiger partial charge < -0.3 is 24.4 Å². The Bertz CT molecular complexity index is 306. The number of rotatable bonds is 9. The van der Waals surface area contributed by atoms with Crippen LogP contribution < -0.4 is 0 Å². The highest BCUT2D eigenvalue weighted by Crippen LogP contribution is 2.48. The van der Waals surface area contributed by atoms with E-state index in [1.165, 1.54) is 0 Å². The summed E-state index contributed by atoms with van der Waals surface area (Å²) in [7, 11) is 0. The summed E-state index contributed by atoms with van der Waals surface area (Å²) < 4.78 is 16.1. The van der Waals surface area contributed by atoms with Gasteiger partial charge in [-0.2, -0.15) is 0 Å². The lowest BCUT2D eigenvalue weighted by Crippen LogP contribution is -2.46. The zero-order chi connectivity index (χ0) is 13.7. The smallest absolute Gasteiger partial charge is 0.284 e. The van der Waals surface area contributed by atoms with Gasteiger partial charge in [0.05, 0.1) is 26.4 Å². The Hall–Kier alpha value is -0.460. The van der Waals surface area contributed by atoms with Crippen LogP contribution in [-0.2, 0) is 14.2 Å². The summed E-state index contributed by atoms with van der Waals surface area (Å²) in [5.41, 5.74) is 0. The van der Waals surface area contributed by atoms with Crippen LogP contribution in [0.3, 0.4) is 0 Å². The van der Waals surface area contributed by atoms with E-state index in [-0.39, 0.29) is 25.7 Å². The van der Waals surface area contributed by atoms with Crippen molar-refractivity contribution < 1.29 is 24.4 Å². The molecule has 2 aliphatic carbocycles. The van der Waals surface area contributed by atoms with Crippen molar-refractivity contribution in [1.29, 1.82) is 0 Å². The number of allylic oxidation sites excluding steroid dienone is 2. The monoisotopic (exact) mass is 272 g/mol. The minimum atomic E-state index is -1.61. The highest BCUT2D eigenvalue weighted by molar-refractivity contribution is 5.11. The highest BCUT2D eigenvalue weighted by atomic mass is 16.8. The van der Waals surface area contributed by atoms with Crippen LogP contribution >= 0.6 is 0 Å². The first-order valence-corrected chi connectivity index (χ1v) is 7.06. The molecule has 5 nitrogen and oxygen atoms in total. The van der Waals surface area contributed by atoms with E-state index in [2.05, 4.69) is 12.2 Å². The molecule has 0 heterocycles. The van der Waals surface area contributed by atoms with Gasteiger partial charge in [-0.05, 0) is 31.6 Å². The number of aliphatic hydroxyl groups is 2. The van der Waals surface area contributed by atoms with Crippen molar-refractivity contribution in [3.63, 3.8) is 0 Å². The Morgan fingerprint density at radius 1 is 1.16 bits per heavy atom. The number of hydrogen-bond donors (Lipinski definition) is 2. The van der Waals surface area contributed by atoms with E-state index in [4.69, 9.17) is 19.3 Å². The third kappa shape index (κ3) is 3.55. The predicted molar refractivity (Wildman–Crippen MR) is 69.3 cm³/mol. The van der Waals surface area contributed by atoms with Crippen LogP contribution in [0.1, 0.15) is 19.8 Å². The first-order chi connectivity index (χ1) is 9.19. The zero-order valence-corrected chi connectivity index (χ0v) is 11.5. The normalized spacial score (nSPS) is 31.8. The molecule has 2 bridgehead atoms. The highest BCUT2D eigenvalue weighted by Gasteiger charge is 2.50. The molecule has 0 aromatic rings. The molecular weight excluding hydrogens is 248 g/mol. The fourth-order valence-electron chi connectivity index (χ4n) is 3.04. The fourth-order valence-corrected chi connectivity index (χ4v) is 3.04. The molecule has 4 atom stereocenters. The molecule has 0 aliphatic heterocycles. The van der Waals surface area contributed by atoms with Crippen LogP contribution in [0.15, 0.2) is 12.2 Å². The van der Waals surface area contributed by atoms with E-state index in [1.54, 1.807) is 0 Å². The van der Waals surface area contributed by atoms with Gasteiger partial charge in [0.25, 0.3) is 5.97 Å². The van der Waals surface area contributed by atoms with Crippen molar-refractivity contribution >= 4 is 0 Å². The van der Waals surface area contributed by atoms with E-state index in [0.29, 0.717) is 25.0 Å². The first-order valence-electron chi connectivity index (χ1n) is 7.06. The van der Waals surface area contributed by atoms with Crippen LogP contribution in [0.2, 0.25) is 0 Å². The summed E-state index contributed by atoms with van der Waals surface area (Å²) in [6.07, 6.45) is 6.27. The van der Waals surface area contributed by atoms with Gasteiger partial charge in [-0.25, -0.2) is 0 Å². The Balaban J connectivity index is 1.91. The molecule has 0 saturated heterocycles. The lowest BCUT2D eigenvalue weighted by atomic mass is 9.91. The van der Waals surface area contributed by atoms with Crippen LogP contribution in [-0.4, -0.2) is 49.2 Å². The topological polar surface area (TPSA) is 68.2 Å². The maximum atomic E-state index is 10.6. The van der Waals surface area contributed by atoms with Gasteiger partial charge in [-0.15, -0.1) is 0 Å². The van der Waals surface area contributed by atoms with Crippen molar-refractivity contribution in [2.24, 2.45) is 17.8 Å². The maximum absolute atomic E-state index is 10.6. The number of ether oxygens (including phenoxy) is 3. The molecule has 5 heteroatoms. The molecule has 0 amide bonds. The molecule has 2 N–H and O–H groups in total. The van der Waals surface area contributed by atoms with Crippen molar-refractivity contribution in [3.8, 4) is 0 Å². The summed E-state index contributed by atoms with van der Waals surface area (Å²) in [4.78, 5) is 0. The molecule has 0 aromatic carbocycles. The van der Waals surface area contributed by atoms with Crippen molar-refractivity contribution in [1.82, 2.24) is 0 Å². The van der Waals surface area contributed by atoms with Gasteiger partial charge in [0.1, 0.15) is 0 Å². The molecule has 19 heavy (non-hydrogen) atoms. The second-order valence-corrected chi connectivity index (χ2v) is 5.13. The second kappa shape index (κ2) is 6.81. The van der Waals surface area contributed by atoms with Crippen molar-refractivity contribution in [3.05, 3.63) is 12.2 Å². The molecule has 0 radical (unpaired) electrons. The number of fused-ring (bicyclic) bond motifs is 2. The Kier molecular flexibility index (Phi) is 5.36. The fraction of sp³-hybridized carbons (Fsp3) is 0.857. The Labute approximate surface area is 114 Å². The minimum absolute atomic E-state index is 0.0596. The second-order valence-electron chi connectivity index (χ2n) is 5.13. The van der Waals surface area contributed by atoms with Crippen molar-refractivity contribution in [2.45, 2.75) is 25.7 Å². The molecule has 4 unspecified atom stereocenters. The summed E-state index contributed by atoms with van der Waals surface area (Å²) in [6, 6.07) is 0. The SMILES string of the molecule is CCOCCOC(O)(OCCO)C1CC2C=CC1C2. The van der Waals surface area contributed by atoms with Gasteiger partial charge in [-0.3, -0.25) is 0 Å². The van der Waals surface area contributed by atoms with Crippen LogP contribution in [0, 0.1) is 17.8 Å². The summed E-state index contributed by atoms with van der Waals surface area (Å²) >= 11 is 0. The minimum Gasteiger partial charge on any atom is -0.394 e. The molecular formula is C14H24O5. The summed E-state index contributed by atoms with van der Waals surface area (Å²) in [5.74, 6) is -0.837. The zero-order valence-electron chi connectivity index (χ0n) is 11.5. The van der Waals surface area contributed by atoms with Gasteiger partial charge in [0, 0.05) is 12.5 Å². The molecule has 1 saturated carbocycles. The van der Waals surface area contributed by atoms with Crippen LogP contribution in [0.5, 0.6) is 0 Å². The molecule has 0 spiro atoms. The molecule has 0 aromatic heterocycles. The van der Waals surface area contributed by atoms with E-state index in [9.17, 15) is 5.11 Å². The Morgan fingerprint density at radius 2 is 1.95 bits per heavy atom. The predicted octanol–water partition coefficient (Wildman–Crippen LogP) is 0.907. The standard InChI is InChI=1S/C14H24O5/c1-2-17-7-8-19-14(16,18-6-5-15)13-10-11-3-4-12(13)9-11/h3-4,11-13,15-16H,2,5-10H2,1H3. The first kappa shape index (κ1) is 14.9. The van der Waals surface area contributed by atoms with Crippen LogP contribution in [0.4, 0.5) is 0 Å². The average Bonchev–Trinajstić information content (AvgIpc) is 3.04. The average molecular weight is 272 g/mol. The van der Waals surface area contributed by atoms with Gasteiger partial charge in [-0.1, -0.05) is 12.2 Å². The molecule has 2 rings (SSSR count). The third-order valence-corrected chi connectivity index (χ3v) is 3.89. The van der Waals surface area contributed by atoms with Crippen molar-refractivity contribution in [2.75, 3.05) is 33.0 Å². The van der Waals surface area contributed by atoms with E-state index >= 15 is 0 Å². The maximum Gasteiger partial charge on any atom is 0.284 e. The number of aliphatic hydroxyl groups excluding tert-OH is 1. The van der Waals surface area contributed by atoms with Gasteiger partial charge in [0.15, 0.2) is 0 Å². The number of hydrogen-bond acceptors (Lipinski definition) is 5. The lowest BCUT2D eigenvalue weighted by molar-refractivity contribution is -0.392. The Morgan fingerprint density at radius 3 is 2.53 bits per heavy atom. The third-order valence-electron chi connectivity index (χ3n) is 3.89. The summed E-state index contributed by atoms with van der Waals surface area (Å²) in [6.45, 7) is 3.19. The van der Waals surface area contributed by atoms with Gasteiger partial charge >= 0.3 is 0 Å². The quantitative estimate of drug-likeness (QED) is 0.371. The lowest BCUT2D eigenvalue weighted by Gasteiger charge is -2.36. The van der Waals surface area contributed by atoms with E-state index in [1.807, 2.05) is 6.92 Å². The molecule has 1 fully saturated rings.